The van der Waals surface area contributed by atoms with Crippen molar-refractivity contribution in [1.82, 2.24) is 19.1 Å². The van der Waals surface area contributed by atoms with Crippen LogP contribution in [0.2, 0.25) is 0 Å². The molecule has 5 aromatic rings. The van der Waals surface area contributed by atoms with Crippen molar-refractivity contribution in [2.45, 2.75) is 44.7 Å². The first-order chi connectivity index (χ1) is 18.6. The van der Waals surface area contributed by atoms with Crippen molar-refractivity contribution < 1.29 is 14.3 Å². The summed E-state index contributed by atoms with van der Waals surface area (Å²) in [5.74, 6) is 1.82. The van der Waals surface area contributed by atoms with Crippen molar-refractivity contribution >= 4 is 34.0 Å². The molecule has 2 heterocycles. The Morgan fingerprint density at radius 1 is 0.921 bits per heavy atom. The van der Waals surface area contributed by atoms with Crippen LogP contribution in [0.5, 0.6) is 5.75 Å². The average molecular weight is 510 g/mol. The number of nitrogen functional groups attached to an aromatic ring is 1. The molecule has 194 valence electrons. The predicted octanol–water partition coefficient (Wildman–Crippen LogP) is 5.98. The fraction of sp³-hybridized carbons (Fsp3) is 0.300. The number of fused-ring (bicyclic) bond motifs is 2. The second kappa shape index (κ2) is 9.85. The van der Waals surface area contributed by atoms with Gasteiger partial charge in [0.1, 0.15) is 11.6 Å². The van der Waals surface area contributed by atoms with Crippen LogP contribution in [-0.2, 0) is 11.3 Å². The zero-order valence-electron chi connectivity index (χ0n) is 21.7. The number of anilines is 1. The van der Waals surface area contributed by atoms with Gasteiger partial charge >= 0.3 is 5.97 Å². The van der Waals surface area contributed by atoms with Crippen LogP contribution >= 0.6 is 0 Å². The molecule has 0 atom stereocenters. The Morgan fingerprint density at radius 3 is 2.39 bits per heavy atom. The Bertz CT molecular complexity index is 1630. The van der Waals surface area contributed by atoms with E-state index in [1.165, 1.54) is 26.4 Å². The minimum absolute atomic E-state index is 0.361. The molecule has 8 heteroatoms. The summed E-state index contributed by atoms with van der Waals surface area (Å²) in [6.45, 7) is 0.614. The SMILES string of the molecule is COC(=O)c1ccc2c(c1)nc(-c1ccc3c(c1)nc(N)n3Cc1ccc(OC)cc1)n2C1CCCCC1. The number of rotatable bonds is 6. The molecule has 1 fully saturated rings. The van der Waals surface area contributed by atoms with Gasteiger partial charge in [0.05, 0.1) is 48.4 Å². The van der Waals surface area contributed by atoms with E-state index in [9.17, 15) is 4.79 Å². The van der Waals surface area contributed by atoms with Gasteiger partial charge in [-0.25, -0.2) is 14.8 Å². The van der Waals surface area contributed by atoms with E-state index >= 15 is 0 Å². The number of benzene rings is 3. The van der Waals surface area contributed by atoms with E-state index in [-0.39, 0.29) is 5.97 Å². The smallest absolute Gasteiger partial charge is 0.337 e. The van der Waals surface area contributed by atoms with Crippen LogP contribution in [0.25, 0.3) is 33.5 Å². The fourth-order valence-electron chi connectivity index (χ4n) is 5.62. The first kappa shape index (κ1) is 24.0. The van der Waals surface area contributed by atoms with Crippen LogP contribution in [0.15, 0.2) is 60.7 Å². The third-order valence-electron chi connectivity index (χ3n) is 7.59. The van der Waals surface area contributed by atoms with Gasteiger partial charge in [0.25, 0.3) is 0 Å². The van der Waals surface area contributed by atoms with Crippen molar-refractivity contribution in [2.75, 3.05) is 20.0 Å². The molecular formula is C30H31N5O3. The van der Waals surface area contributed by atoms with Crippen molar-refractivity contribution in [3.05, 3.63) is 71.8 Å². The van der Waals surface area contributed by atoms with Crippen LogP contribution in [-0.4, -0.2) is 39.3 Å². The van der Waals surface area contributed by atoms with E-state index in [0.29, 0.717) is 24.1 Å². The molecule has 2 N–H and O–H groups in total. The zero-order chi connectivity index (χ0) is 26.2. The van der Waals surface area contributed by atoms with E-state index in [2.05, 4.69) is 22.8 Å². The number of hydrogen-bond acceptors (Lipinski definition) is 6. The van der Waals surface area contributed by atoms with Crippen LogP contribution in [0, 0.1) is 0 Å². The molecule has 6 rings (SSSR count). The molecule has 1 aliphatic carbocycles. The second-order valence-electron chi connectivity index (χ2n) is 9.90. The lowest BCUT2D eigenvalue weighted by atomic mass is 9.94. The molecule has 8 nitrogen and oxygen atoms in total. The monoisotopic (exact) mass is 509 g/mol. The zero-order valence-corrected chi connectivity index (χ0v) is 21.7. The summed E-state index contributed by atoms with van der Waals surface area (Å²) >= 11 is 0. The van der Waals surface area contributed by atoms with Crippen molar-refractivity contribution in [3.8, 4) is 17.1 Å². The Labute approximate surface area is 221 Å². The number of aromatic nitrogens is 4. The molecule has 0 radical (unpaired) electrons. The highest BCUT2D eigenvalue weighted by molar-refractivity contribution is 5.94. The molecule has 0 saturated heterocycles. The third-order valence-corrected chi connectivity index (χ3v) is 7.59. The largest absolute Gasteiger partial charge is 0.497 e. The minimum Gasteiger partial charge on any atom is -0.497 e. The number of esters is 1. The number of carbonyl (C=O) groups excluding carboxylic acids is 1. The molecule has 0 aliphatic heterocycles. The molecule has 1 saturated carbocycles. The molecule has 1 aliphatic rings. The molecule has 0 unspecified atom stereocenters. The standard InChI is InChI=1S/C30H31N5O3/c1-37-23-12-8-19(9-13-23)18-34-26-14-10-20(16-24(26)33-30(34)31)28-32-25-17-21(29(36)38-2)11-15-27(25)35(28)22-6-4-3-5-7-22/h8-17,22H,3-7,18H2,1-2H3,(H2,31,33). The minimum atomic E-state index is -0.361. The molecule has 38 heavy (non-hydrogen) atoms. The number of nitrogens with two attached hydrogens (primary N) is 1. The molecule has 3 aromatic carbocycles. The molecule has 2 aromatic heterocycles. The number of ether oxygens (including phenoxy) is 2. The van der Waals surface area contributed by atoms with Crippen LogP contribution in [0.4, 0.5) is 5.95 Å². The lowest BCUT2D eigenvalue weighted by Crippen LogP contribution is -2.14. The van der Waals surface area contributed by atoms with Gasteiger partial charge in [0, 0.05) is 11.6 Å². The van der Waals surface area contributed by atoms with Crippen molar-refractivity contribution in [3.63, 3.8) is 0 Å². The highest BCUT2D eigenvalue weighted by Crippen LogP contribution is 2.37. The summed E-state index contributed by atoms with van der Waals surface area (Å²) in [7, 11) is 3.06. The van der Waals surface area contributed by atoms with Gasteiger partial charge in [-0.15, -0.1) is 0 Å². The normalized spacial score (nSPS) is 14.3. The second-order valence-corrected chi connectivity index (χ2v) is 9.90. The van der Waals surface area contributed by atoms with Gasteiger partial charge in [-0.2, -0.15) is 0 Å². The summed E-state index contributed by atoms with van der Waals surface area (Å²) in [6, 6.07) is 20.2. The number of carbonyl (C=O) groups is 1. The quantitative estimate of drug-likeness (QED) is 0.283. The molecule has 0 bridgehead atoms. The summed E-state index contributed by atoms with van der Waals surface area (Å²) in [6.07, 6.45) is 5.90. The summed E-state index contributed by atoms with van der Waals surface area (Å²) in [4.78, 5) is 21.9. The maximum atomic E-state index is 12.2. The third kappa shape index (κ3) is 4.26. The highest BCUT2D eigenvalue weighted by Gasteiger charge is 2.24. The molecular weight excluding hydrogens is 478 g/mol. The Balaban J connectivity index is 1.43. The summed E-state index contributed by atoms with van der Waals surface area (Å²) in [5.41, 5.74) is 12.6. The van der Waals surface area contributed by atoms with Gasteiger partial charge in [-0.1, -0.05) is 31.4 Å². The van der Waals surface area contributed by atoms with Crippen molar-refractivity contribution in [2.24, 2.45) is 0 Å². The highest BCUT2D eigenvalue weighted by atomic mass is 16.5. The van der Waals surface area contributed by atoms with Crippen LogP contribution < -0.4 is 10.5 Å². The Kier molecular flexibility index (Phi) is 6.23. The van der Waals surface area contributed by atoms with Crippen molar-refractivity contribution in [1.29, 1.82) is 0 Å². The number of methoxy groups -OCH3 is 2. The predicted molar refractivity (Wildman–Crippen MR) is 148 cm³/mol. The summed E-state index contributed by atoms with van der Waals surface area (Å²) in [5, 5.41) is 0. The number of imidazole rings is 2. The van der Waals surface area contributed by atoms with Crippen LogP contribution in [0.3, 0.4) is 0 Å². The van der Waals surface area contributed by atoms with Crippen LogP contribution in [0.1, 0.15) is 54.1 Å². The van der Waals surface area contributed by atoms with Gasteiger partial charge in [-0.3, -0.25) is 0 Å². The van der Waals surface area contributed by atoms with Gasteiger partial charge < -0.3 is 24.3 Å². The Hall–Kier alpha value is -4.33. The number of nitrogens with zero attached hydrogens (tertiary/aromatic N) is 4. The van der Waals surface area contributed by atoms with Gasteiger partial charge in [0.2, 0.25) is 5.95 Å². The van der Waals surface area contributed by atoms with E-state index in [1.807, 2.05) is 47.0 Å². The summed E-state index contributed by atoms with van der Waals surface area (Å²) < 4.78 is 14.6. The maximum absolute atomic E-state index is 12.2. The Morgan fingerprint density at radius 2 is 1.66 bits per heavy atom. The van der Waals surface area contributed by atoms with Gasteiger partial charge in [0.15, 0.2) is 0 Å². The number of hydrogen-bond donors (Lipinski definition) is 1. The van der Waals surface area contributed by atoms with Gasteiger partial charge in [-0.05, 0) is 66.9 Å². The molecule has 0 spiro atoms. The topological polar surface area (TPSA) is 97.2 Å². The fourth-order valence-corrected chi connectivity index (χ4v) is 5.62. The van der Waals surface area contributed by atoms with E-state index in [4.69, 9.17) is 25.2 Å². The molecule has 0 amide bonds. The lowest BCUT2D eigenvalue weighted by molar-refractivity contribution is 0.0601. The first-order valence-corrected chi connectivity index (χ1v) is 13.0. The maximum Gasteiger partial charge on any atom is 0.337 e. The lowest BCUT2D eigenvalue weighted by Gasteiger charge is -2.25. The first-order valence-electron chi connectivity index (χ1n) is 13.0. The van der Waals surface area contributed by atoms with E-state index in [1.54, 1.807) is 7.11 Å². The van der Waals surface area contributed by atoms with E-state index in [0.717, 1.165) is 57.6 Å². The average Bonchev–Trinajstić information content (AvgIpc) is 3.49. The van der Waals surface area contributed by atoms with E-state index < -0.39 is 0 Å².